The first-order valence-corrected chi connectivity index (χ1v) is 7.77. The molecule has 0 aromatic heterocycles. The van der Waals surface area contributed by atoms with Gasteiger partial charge in [-0.3, -0.25) is 9.59 Å². The van der Waals surface area contributed by atoms with Gasteiger partial charge in [0, 0.05) is 19.2 Å². The van der Waals surface area contributed by atoms with Gasteiger partial charge >= 0.3 is 5.97 Å². The average Bonchev–Trinajstić information content (AvgIpc) is 2.55. The topological polar surface area (TPSA) is 46.6 Å². The minimum absolute atomic E-state index is 0.0978. The molecule has 118 valence electrons. The molecule has 1 fully saturated rings. The molecular formula is C16H17Cl2NO3. The van der Waals surface area contributed by atoms with Crippen molar-refractivity contribution in [3.63, 3.8) is 0 Å². The zero-order valence-electron chi connectivity index (χ0n) is 12.2. The van der Waals surface area contributed by atoms with Crippen molar-refractivity contribution in [2.24, 2.45) is 5.92 Å². The Balaban J connectivity index is 1.95. The van der Waals surface area contributed by atoms with Crippen LogP contribution in [0.3, 0.4) is 0 Å². The van der Waals surface area contributed by atoms with Crippen LogP contribution < -0.4 is 0 Å². The van der Waals surface area contributed by atoms with Gasteiger partial charge in [-0.05, 0) is 30.5 Å². The smallest absolute Gasteiger partial charge is 0.308 e. The van der Waals surface area contributed by atoms with Crippen LogP contribution in [0.25, 0.3) is 6.08 Å². The highest BCUT2D eigenvalue weighted by Crippen LogP contribution is 2.26. The summed E-state index contributed by atoms with van der Waals surface area (Å²) in [5.41, 5.74) is 0.701. The van der Waals surface area contributed by atoms with Crippen LogP contribution in [0.1, 0.15) is 18.4 Å². The van der Waals surface area contributed by atoms with Gasteiger partial charge in [-0.15, -0.1) is 0 Å². The van der Waals surface area contributed by atoms with Crippen molar-refractivity contribution < 1.29 is 14.3 Å². The summed E-state index contributed by atoms with van der Waals surface area (Å²) >= 11 is 12.0. The van der Waals surface area contributed by atoms with E-state index >= 15 is 0 Å². The number of benzene rings is 1. The maximum absolute atomic E-state index is 12.2. The average molecular weight is 342 g/mol. The van der Waals surface area contributed by atoms with Crippen LogP contribution >= 0.6 is 23.2 Å². The molecule has 1 aliphatic rings. The molecule has 0 unspecified atom stereocenters. The molecule has 0 N–H and O–H groups in total. The number of hydrogen-bond acceptors (Lipinski definition) is 3. The second kappa shape index (κ2) is 7.65. The Morgan fingerprint density at radius 1 is 1.27 bits per heavy atom. The van der Waals surface area contributed by atoms with Crippen molar-refractivity contribution in [2.45, 2.75) is 12.8 Å². The highest BCUT2D eigenvalue weighted by Gasteiger charge is 2.26. The molecule has 0 aliphatic carbocycles. The third-order valence-electron chi connectivity index (χ3n) is 3.73. The summed E-state index contributed by atoms with van der Waals surface area (Å²) in [5, 5.41) is 0.882. The van der Waals surface area contributed by atoms with E-state index < -0.39 is 0 Å². The Bertz CT molecular complexity index is 593. The van der Waals surface area contributed by atoms with Gasteiger partial charge in [-0.25, -0.2) is 0 Å². The molecule has 2 rings (SSSR count). The number of halogens is 2. The lowest BCUT2D eigenvalue weighted by molar-refractivity contribution is -0.148. The fraction of sp³-hybridized carbons (Fsp3) is 0.375. The van der Waals surface area contributed by atoms with Crippen molar-refractivity contribution in [3.8, 4) is 0 Å². The van der Waals surface area contributed by atoms with Gasteiger partial charge in [0.25, 0.3) is 0 Å². The van der Waals surface area contributed by atoms with Gasteiger partial charge in [0.05, 0.1) is 23.1 Å². The number of likely N-dealkylation sites (tertiary alicyclic amines) is 1. The fourth-order valence-electron chi connectivity index (χ4n) is 2.42. The predicted molar refractivity (Wildman–Crippen MR) is 86.8 cm³/mol. The number of carbonyl (C=O) groups is 2. The van der Waals surface area contributed by atoms with Gasteiger partial charge in [0.2, 0.25) is 5.91 Å². The number of rotatable bonds is 3. The van der Waals surface area contributed by atoms with Crippen molar-refractivity contribution in [2.75, 3.05) is 20.2 Å². The lowest BCUT2D eigenvalue weighted by atomic mass is 9.97. The maximum Gasteiger partial charge on any atom is 0.308 e. The summed E-state index contributed by atoms with van der Waals surface area (Å²) in [5.74, 6) is -0.409. The van der Waals surface area contributed by atoms with E-state index in [2.05, 4.69) is 0 Å². The van der Waals surface area contributed by atoms with Crippen LogP contribution in [0.2, 0.25) is 10.0 Å². The van der Waals surface area contributed by atoms with E-state index in [1.165, 1.54) is 13.2 Å². The number of carbonyl (C=O) groups excluding carboxylic acids is 2. The molecular weight excluding hydrogens is 325 g/mol. The third kappa shape index (κ3) is 4.02. The first kappa shape index (κ1) is 16.8. The van der Waals surface area contributed by atoms with E-state index in [9.17, 15) is 9.59 Å². The van der Waals surface area contributed by atoms with Gasteiger partial charge in [0.1, 0.15) is 0 Å². The summed E-state index contributed by atoms with van der Waals surface area (Å²) < 4.78 is 4.73. The van der Waals surface area contributed by atoms with Gasteiger partial charge < -0.3 is 9.64 Å². The summed E-state index contributed by atoms with van der Waals surface area (Å²) in [7, 11) is 1.39. The lowest BCUT2D eigenvalue weighted by Gasteiger charge is -2.29. The molecule has 1 aliphatic heterocycles. The van der Waals surface area contributed by atoms with Crippen molar-refractivity contribution in [1.82, 2.24) is 4.90 Å². The number of piperidine rings is 1. The Kier molecular flexibility index (Phi) is 5.86. The standard InChI is InChI=1S/C16H17Cl2NO3/c1-22-16(21)12-7-9-19(10-8-12)14(20)6-5-11-3-2-4-13(17)15(11)18/h2-6,12H,7-10H2,1H3. The number of esters is 1. The van der Waals surface area contributed by atoms with Gasteiger partial charge in [-0.1, -0.05) is 35.3 Å². The Morgan fingerprint density at radius 3 is 2.59 bits per heavy atom. The van der Waals surface area contributed by atoms with E-state index in [1.807, 2.05) is 0 Å². The predicted octanol–water partition coefficient (Wildman–Crippen LogP) is 3.42. The highest BCUT2D eigenvalue weighted by atomic mass is 35.5. The molecule has 22 heavy (non-hydrogen) atoms. The molecule has 0 spiro atoms. The van der Waals surface area contributed by atoms with Crippen LogP contribution in [0, 0.1) is 5.92 Å². The molecule has 1 amide bonds. The quantitative estimate of drug-likeness (QED) is 0.625. The second-order valence-corrected chi connectivity index (χ2v) is 5.88. The highest BCUT2D eigenvalue weighted by molar-refractivity contribution is 6.42. The number of hydrogen-bond donors (Lipinski definition) is 0. The van der Waals surface area contributed by atoms with Crippen LogP contribution in [-0.4, -0.2) is 37.0 Å². The van der Waals surface area contributed by atoms with Crippen molar-refractivity contribution in [3.05, 3.63) is 39.9 Å². The van der Waals surface area contributed by atoms with E-state index in [0.717, 1.165) is 0 Å². The number of methoxy groups -OCH3 is 1. The molecule has 4 nitrogen and oxygen atoms in total. The van der Waals surface area contributed by atoms with E-state index in [1.54, 1.807) is 29.2 Å². The molecule has 0 saturated carbocycles. The number of ether oxygens (including phenoxy) is 1. The Hall–Kier alpha value is -1.52. The Labute approximate surface area is 139 Å². The monoisotopic (exact) mass is 341 g/mol. The van der Waals surface area contributed by atoms with E-state index in [4.69, 9.17) is 27.9 Å². The van der Waals surface area contributed by atoms with Crippen LogP contribution in [0.4, 0.5) is 0 Å². The minimum Gasteiger partial charge on any atom is -0.469 e. The number of nitrogens with zero attached hydrogens (tertiary/aromatic N) is 1. The molecule has 1 aromatic rings. The molecule has 0 radical (unpaired) electrons. The van der Waals surface area contributed by atoms with E-state index in [0.29, 0.717) is 41.5 Å². The molecule has 0 bridgehead atoms. The second-order valence-electron chi connectivity index (χ2n) is 5.10. The molecule has 1 aromatic carbocycles. The summed E-state index contributed by atoms with van der Waals surface area (Å²) in [6.45, 7) is 1.10. The van der Waals surface area contributed by atoms with Gasteiger partial charge in [0.15, 0.2) is 0 Å². The molecule has 1 saturated heterocycles. The molecule has 6 heteroatoms. The number of amides is 1. The van der Waals surface area contributed by atoms with Crippen LogP contribution in [-0.2, 0) is 14.3 Å². The summed E-state index contributed by atoms with van der Waals surface area (Å²) in [6.07, 6.45) is 4.40. The lowest BCUT2D eigenvalue weighted by Crippen LogP contribution is -2.39. The zero-order valence-corrected chi connectivity index (χ0v) is 13.7. The summed E-state index contributed by atoms with van der Waals surface area (Å²) in [4.78, 5) is 25.3. The largest absolute Gasteiger partial charge is 0.469 e. The first-order valence-electron chi connectivity index (χ1n) is 7.01. The maximum atomic E-state index is 12.2. The fourth-order valence-corrected chi connectivity index (χ4v) is 2.79. The zero-order chi connectivity index (χ0) is 16.1. The van der Waals surface area contributed by atoms with Crippen LogP contribution in [0.5, 0.6) is 0 Å². The van der Waals surface area contributed by atoms with Crippen molar-refractivity contribution >= 4 is 41.2 Å². The molecule has 1 heterocycles. The molecule has 0 atom stereocenters. The first-order chi connectivity index (χ1) is 10.5. The van der Waals surface area contributed by atoms with E-state index in [-0.39, 0.29) is 17.8 Å². The van der Waals surface area contributed by atoms with Crippen LogP contribution in [0.15, 0.2) is 24.3 Å². The normalized spacial score (nSPS) is 16.0. The minimum atomic E-state index is -0.201. The third-order valence-corrected chi connectivity index (χ3v) is 4.56. The Morgan fingerprint density at radius 2 is 1.95 bits per heavy atom. The summed E-state index contributed by atoms with van der Waals surface area (Å²) in [6, 6.07) is 5.27. The van der Waals surface area contributed by atoms with Gasteiger partial charge in [-0.2, -0.15) is 0 Å². The van der Waals surface area contributed by atoms with Crippen molar-refractivity contribution in [1.29, 1.82) is 0 Å². The SMILES string of the molecule is COC(=O)C1CCN(C(=O)C=Cc2cccc(Cl)c2Cl)CC1.